The highest BCUT2D eigenvalue weighted by Crippen LogP contribution is 2.23. The molecule has 0 saturated heterocycles. The Morgan fingerprint density at radius 1 is 1.13 bits per heavy atom. The van der Waals surface area contributed by atoms with Crippen molar-refractivity contribution < 1.29 is 26.3 Å². The van der Waals surface area contributed by atoms with Crippen molar-refractivity contribution in [2.75, 3.05) is 5.32 Å². The molecule has 30 heavy (non-hydrogen) atoms. The Labute approximate surface area is 192 Å². The summed E-state index contributed by atoms with van der Waals surface area (Å²) in [6, 6.07) is 15.3. The molecule has 3 aromatic rings. The summed E-state index contributed by atoms with van der Waals surface area (Å²) in [7, 11) is 0. The largest absolute Gasteiger partial charge is 1.00 e. The quantitative estimate of drug-likeness (QED) is 0.420. The van der Waals surface area contributed by atoms with Crippen LogP contribution in [0.3, 0.4) is 0 Å². The molecular weight excluding hydrogens is 464 g/mol. The van der Waals surface area contributed by atoms with E-state index in [2.05, 4.69) is 9.88 Å². The number of hydrogen-bond donors (Lipinski definition) is 1. The van der Waals surface area contributed by atoms with Gasteiger partial charge in [0.05, 0.1) is 6.54 Å². The molecule has 0 spiro atoms. The van der Waals surface area contributed by atoms with E-state index in [-0.39, 0.29) is 29.3 Å². The zero-order chi connectivity index (χ0) is 20.2. The molecule has 1 aromatic heterocycles. The lowest BCUT2D eigenvalue weighted by Crippen LogP contribution is -3.00. The summed E-state index contributed by atoms with van der Waals surface area (Å²) < 4.78 is 4.20. The lowest BCUT2D eigenvalue weighted by Gasteiger charge is -2.09. The Morgan fingerprint density at radius 2 is 1.93 bits per heavy atom. The minimum Gasteiger partial charge on any atom is -1.00 e. The molecule has 0 fully saturated rings. The van der Waals surface area contributed by atoms with Gasteiger partial charge in [0.25, 0.3) is 5.82 Å². The molecule has 5 nitrogen and oxygen atoms in total. The summed E-state index contributed by atoms with van der Waals surface area (Å²) >= 11 is 6.25. The van der Waals surface area contributed by atoms with Crippen molar-refractivity contribution in [1.82, 2.24) is 9.78 Å². The fourth-order valence-corrected chi connectivity index (χ4v) is 4.05. The molecule has 0 unspecified atom stereocenters. The average molecular weight is 490 g/mol. The number of nitrogens with zero attached hydrogens (tertiary/aromatic N) is 3. The van der Waals surface area contributed by atoms with Crippen LogP contribution >= 0.6 is 11.6 Å². The number of nitrogens with one attached hydrogen (secondary N) is 1. The molecule has 0 saturated carbocycles. The standard InChI is InChI=1S/C23H26ClN4O.BrH/c1-17-19(24)11-8-12-20(17)25-15-22-26-28(23-13-6-3-7-14-27(22)23)16-21(29)18-9-4-2-5-10-18;/h2,4-5,8-12,25H,3,6-7,13-16H2,1H3;1H/q+1;/p-1. The van der Waals surface area contributed by atoms with Crippen molar-refractivity contribution in [2.24, 2.45) is 0 Å². The zero-order valence-electron chi connectivity index (χ0n) is 17.1. The van der Waals surface area contributed by atoms with Crippen molar-refractivity contribution >= 4 is 23.1 Å². The molecular formula is C23H26BrClN4O. The molecule has 1 aliphatic heterocycles. The molecule has 0 amide bonds. The number of rotatable bonds is 6. The van der Waals surface area contributed by atoms with Gasteiger partial charge in [-0.05, 0) is 43.9 Å². The number of anilines is 1. The first-order valence-electron chi connectivity index (χ1n) is 10.2. The van der Waals surface area contributed by atoms with Crippen LogP contribution in [-0.4, -0.2) is 15.6 Å². The van der Waals surface area contributed by atoms with E-state index in [9.17, 15) is 4.79 Å². The van der Waals surface area contributed by atoms with Crippen molar-refractivity contribution in [1.29, 1.82) is 0 Å². The van der Waals surface area contributed by atoms with Gasteiger partial charge in [0.1, 0.15) is 6.54 Å². The number of ketones is 1. The van der Waals surface area contributed by atoms with Gasteiger partial charge in [-0.15, -0.1) is 4.68 Å². The average Bonchev–Trinajstić information content (AvgIpc) is 2.90. The molecule has 0 atom stereocenters. The van der Waals surface area contributed by atoms with Gasteiger partial charge < -0.3 is 22.3 Å². The van der Waals surface area contributed by atoms with Crippen LogP contribution in [-0.2, 0) is 26.1 Å². The number of hydrogen-bond acceptors (Lipinski definition) is 3. The van der Waals surface area contributed by atoms with Gasteiger partial charge >= 0.3 is 0 Å². The van der Waals surface area contributed by atoms with E-state index in [4.69, 9.17) is 16.7 Å². The van der Waals surface area contributed by atoms with Crippen LogP contribution in [0, 0.1) is 6.92 Å². The summed E-state index contributed by atoms with van der Waals surface area (Å²) in [4.78, 5) is 12.8. The highest BCUT2D eigenvalue weighted by atomic mass is 79.9. The maximum Gasteiger partial charge on any atom is 0.296 e. The minimum atomic E-state index is 0. The second kappa shape index (κ2) is 10.2. The fourth-order valence-electron chi connectivity index (χ4n) is 3.87. The number of halogens is 2. The number of aromatic nitrogens is 3. The Balaban J connectivity index is 0.00000256. The Kier molecular flexibility index (Phi) is 7.67. The molecule has 1 aliphatic rings. The van der Waals surface area contributed by atoms with Gasteiger partial charge in [-0.3, -0.25) is 4.79 Å². The molecule has 2 aromatic carbocycles. The minimum absolute atomic E-state index is 0. The maximum absolute atomic E-state index is 12.8. The predicted molar refractivity (Wildman–Crippen MR) is 114 cm³/mol. The summed E-state index contributed by atoms with van der Waals surface area (Å²) in [5.74, 6) is 2.19. The van der Waals surface area contributed by atoms with Gasteiger partial charge in [-0.25, -0.2) is 4.57 Å². The van der Waals surface area contributed by atoms with Crippen LogP contribution < -0.4 is 26.9 Å². The van der Waals surface area contributed by atoms with Gasteiger partial charge in [-0.2, -0.15) is 0 Å². The van der Waals surface area contributed by atoms with Crippen molar-refractivity contribution in [3.63, 3.8) is 0 Å². The topological polar surface area (TPSA) is 50.8 Å². The molecule has 0 radical (unpaired) electrons. The van der Waals surface area contributed by atoms with Crippen LogP contribution in [0.1, 0.15) is 46.8 Å². The number of carbonyl (C=O) groups excluding carboxylic acids is 1. The highest BCUT2D eigenvalue weighted by molar-refractivity contribution is 6.31. The van der Waals surface area contributed by atoms with Crippen molar-refractivity contribution in [3.8, 4) is 0 Å². The van der Waals surface area contributed by atoms with E-state index in [0.29, 0.717) is 6.54 Å². The number of Topliss-reactive ketones (excluding diaryl/α,β-unsaturated/α-hetero) is 1. The van der Waals surface area contributed by atoms with E-state index < -0.39 is 0 Å². The Morgan fingerprint density at radius 3 is 2.73 bits per heavy atom. The number of benzene rings is 2. The third kappa shape index (κ3) is 4.93. The van der Waals surface area contributed by atoms with Crippen LogP contribution in [0.4, 0.5) is 5.69 Å². The first-order chi connectivity index (χ1) is 14.1. The molecule has 0 bridgehead atoms. The SMILES string of the molecule is Cc1c(Cl)cccc1NCc1nn(CC(=O)c2ccccc2)c2[n+]1CCCCC2.[Br-]. The normalized spacial score (nSPS) is 13.1. The van der Waals surface area contributed by atoms with Crippen molar-refractivity contribution in [3.05, 3.63) is 76.3 Å². The third-order valence-electron chi connectivity index (χ3n) is 5.53. The molecule has 0 aliphatic carbocycles. The summed E-state index contributed by atoms with van der Waals surface area (Å²) in [6.07, 6.45) is 4.42. The molecule has 2 heterocycles. The second-order valence-corrected chi connectivity index (χ2v) is 7.91. The summed E-state index contributed by atoms with van der Waals surface area (Å²) in [6.45, 7) is 3.83. The molecule has 1 N–H and O–H groups in total. The van der Waals surface area contributed by atoms with Gasteiger partial charge in [0.2, 0.25) is 5.82 Å². The van der Waals surface area contributed by atoms with E-state index >= 15 is 0 Å². The molecule has 4 rings (SSSR count). The van der Waals surface area contributed by atoms with E-state index in [1.165, 1.54) is 6.42 Å². The fraction of sp³-hybridized carbons (Fsp3) is 0.348. The predicted octanol–water partition coefficient (Wildman–Crippen LogP) is 1.36. The lowest BCUT2D eigenvalue weighted by molar-refractivity contribution is -0.710. The van der Waals surface area contributed by atoms with Gasteiger partial charge in [-0.1, -0.05) is 48.0 Å². The van der Waals surface area contributed by atoms with Crippen LogP contribution in [0.5, 0.6) is 0 Å². The first kappa shape index (κ1) is 22.5. The van der Waals surface area contributed by atoms with Crippen LogP contribution in [0.15, 0.2) is 48.5 Å². The Hall–Kier alpha value is -2.18. The lowest BCUT2D eigenvalue weighted by atomic mass is 10.1. The van der Waals surface area contributed by atoms with Crippen LogP contribution in [0.25, 0.3) is 0 Å². The van der Waals surface area contributed by atoms with E-state index in [1.54, 1.807) is 0 Å². The van der Waals surface area contributed by atoms with Gasteiger partial charge in [0.15, 0.2) is 12.3 Å². The van der Waals surface area contributed by atoms with E-state index in [1.807, 2.05) is 60.1 Å². The molecule has 7 heteroatoms. The van der Waals surface area contributed by atoms with Crippen LogP contribution in [0.2, 0.25) is 5.02 Å². The highest BCUT2D eigenvalue weighted by Gasteiger charge is 2.28. The first-order valence-corrected chi connectivity index (χ1v) is 10.6. The van der Waals surface area contributed by atoms with Gasteiger partial charge in [0, 0.05) is 27.8 Å². The zero-order valence-corrected chi connectivity index (χ0v) is 19.4. The monoisotopic (exact) mass is 488 g/mol. The second-order valence-electron chi connectivity index (χ2n) is 7.51. The Bertz CT molecular complexity index is 1020. The number of carbonyl (C=O) groups is 1. The maximum atomic E-state index is 12.8. The van der Waals surface area contributed by atoms with E-state index in [0.717, 1.165) is 59.3 Å². The third-order valence-corrected chi connectivity index (χ3v) is 5.94. The summed E-state index contributed by atoms with van der Waals surface area (Å²) in [5, 5.41) is 9.05. The van der Waals surface area contributed by atoms with Crippen molar-refractivity contribution in [2.45, 2.75) is 52.2 Å². The molecule has 158 valence electrons. The summed E-state index contributed by atoms with van der Waals surface area (Å²) in [5.41, 5.74) is 2.77. The number of fused-ring (bicyclic) bond motifs is 1. The smallest absolute Gasteiger partial charge is 0.296 e.